The maximum Gasteiger partial charge on any atom is 0.203 e. The largest absolute Gasteiger partial charge is 0.493 e. The van der Waals surface area contributed by atoms with Crippen molar-refractivity contribution in [1.29, 1.82) is 0 Å². The molecule has 8 heteroatoms. The summed E-state index contributed by atoms with van der Waals surface area (Å²) in [6.45, 7) is 1.43. The van der Waals surface area contributed by atoms with Gasteiger partial charge in [0.1, 0.15) is 5.15 Å². The van der Waals surface area contributed by atoms with Crippen molar-refractivity contribution in [1.82, 2.24) is 15.6 Å². The monoisotopic (exact) mass is 406 g/mol. The Labute approximate surface area is 171 Å². The van der Waals surface area contributed by atoms with Crippen LogP contribution in [0.5, 0.6) is 17.2 Å². The number of aromatic nitrogens is 1. The van der Waals surface area contributed by atoms with Gasteiger partial charge in [0.2, 0.25) is 5.75 Å². The van der Waals surface area contributed by atoms with Crippen LogP contribution in [0.4, 0.5) is 0 Å². The van der Waals surface area contributed by atoms with Gasteiger partial charge in [-0.2, -0.15) is 0 Å². The van der Waals surface area contributed by atoms with Gasteiger partial charge in [-0.05, 0) is 30.5 Å². The van der Waals surface area contributed by atoms with E-state index < -0.39 is 0 Å². The van der Waals surface area contributed by atoms with E-state index in [1.165, 1.54) is 0 Å². The van der Waals surface area contributed by atoms with E-state index in [1.54, 1.807) is 40.6 Å². The molecule has 0 aliphatic carbocycles. The van der Waals surface area contributed by atoms with Crippen molar-refractivity contribution in [3.8, 4) is 17.2 Å². The lowest BCUT2D eigenvalue weighted by molar-refractivity contribution is 0.322. The fourth-order valence-corrected chi connectivity index (χ4v) is 2.89. The Bertz CT molecular complexity index is 782. The molecular formula is C20H27ClN4O3. The van der Waals surface area contributed by atoms with Crippen LogP contribution in [0, 0.1) is 0 Å². The molecule has 0 unspecified atom stereocenters. The average molecular weight is 407 g/mol. The number of aliphatic imine (C=N–C) groups is 1. The van der Waals surface area contributed by atoms with Crippen molar-refractivity contribution >= 4 is 17.6 Å². The van der Waals surface area contributed by atoms with Gasteiger partial charge < -0.3 is 24.8 Å². The van der Waals surface area contributed by atoms with Crippen molar-refractivity contribution < 1.29 is 14.2 Å². The molecule has 1 aromatic heterocycles. The minimum Gasteiger partial charge on any atom is -0.493 e. The summed E-state index contributed by atoms with van der Waals surface area (Å²) in [5.74, 6) is 2.66. The van der Waals surface area contributed by atoms with Crippen molar-refractivity contribution in [3.05, 3.63) is 46.7 Å². The Morgan fingerprint density at radius 1 is 0.964 bits per heavy atom. The number of nitrogens with zero attached hydrogens (tertiary/aromatic N) is 2. The van der Waals surface area contributed by atoms with E-state index in [2.05, 4.69) is 20.6 Å². The van der Waals surface area contributed by atoms with E-state index in [0.29, 0.717) is 28.9 Å². The first-order valence-electron chi connectivity index (χ1n) is 8.95. The third-order valence-electron chi connectivity index (χ3n) is 4.19. The van der Waals surface area contributed by atoms with Crippen molar-refractivity contribution in [2.75, 3.05) is 41.5 Å². The van der Waals surface area contributed by atoms with Crippen LogP contribution in [0.25, 0.3) is 0 Å². The fraction of sp³-hybridized carbons (Fsp3) is 0.400. The van der Waals surface area contributed by atoms with Gasteiger partial charge in [0.25, 0.3) is 0 Å². The molecular weight excluding hydrogens is 380 g/mol. The third-order valence-corrected chi connectivity index (χ3v) is 4.41. The van der Waals surface area contributed by atoms with Crippen LogP contribution in [0.15, 0.2) is 35.5 Å². The highest BCUT2D eigenvalue weighted by molar-refractivity contribution is 6.29. The summed E-state index contributed by atoms with van der Waals surface area (Å²) in [7, 11) is 6.58. The first kappa shape index (κ1) is 21.6. The Hall–Kier alpha value is -2.67. The average Bonchev–Trinajstić information content (AvgIpc) is 2.73. The summed E-state index contributed by atoms with van der Waals surface area (Å²) in [6.07, 6.45) is 3.35. The molecule has 1 aromatic carbocycles. The lowest BCUT2D eigenvalue weighted by Crippen LogP contribution is -2.39. The first-order chi connectivity index (χ1) is 13.6. The summed E-state index contributed by atoms with van der Waals surface area (Å²) in [4.78, 5) is 8.33. The van der Waals surface area contributed by atoms with E-state index in [4.69, 9.17) is 25.8 Å². The van der Waals surface area contributed by atoms with Gasteiger partial charge in [0, 0.05) is 31.9 Å². The predicted molar refractivity (Wildman–Crippen MR) is 112 cm³/mol. The van der Waals surface area contributed by atoms with E-state index in [1.807, 2.05) is 18.2 Å². The van der Waals surface area contributed by atoms with Gasteiger partial charge in [0.05, 0.1) is 21.3 Å². The second-order valence-electron chi connectivity index (χ2n) is 5.91. The quantitative estimate of drug-likeness (QED) is 0.379. The van der Waals surface area contributed by atoms with Crippen molar-refractivity contribution in [2.45, 2.75) is 12.8 Å². The van der Waals surface area contributed by atoms with Gasteiger partial charge >= 0.3 is 0 Å². The molecule has 2 aromatic rings. The number of pyridine rings is 1. The fourth-order valence-electron chi connectivity index (χ4n) is 2.78. The number of nitrogens with one attached hydrogen (secondary N) is 2. The molecule has 152 valence electrons. The normalized spacial score (nSPS) is 11.1. The van der Waals surface area contributed by atoms with E-state index in [-0.39, 0.29) is 0 Å². The molecule has 0 aliphatic rings. The Morgan fingerprint density at radius 3 is 2.25 bits per heavy atom. The Morgan fingerprint density at radius 2 is 1.68 bits per heavy atom. The number of benzene rings is 1. The lowest BCUT2D eigenvalue weighted by Gasteiger charge is -2.16. The SMILES string of the molecule is CN=C(NCCc1ccc(Cl)nc1)NCCc1ccc(OC)c(OC)c1OC. The van der Waals surface area contributed by atoms with Gasteiger partial charge in [-0.1, -0.05) is 23.7 Å². The molecule has 0 spiro atoms. The van der Waals surface area contributed by atoms with Crippen LogP contribution >= 0.6 is 11.6 Å². The zero-order chi connectivity index (χ0) is 20.4. The number of guanidine groups is 1. The molecule has 0 saturated heterocycles. The number of rotatable bonds is 9. The molecule has 2 N–H and O–H groups in total. The highest BCUT2D eigenvalue weighted by atomic mass is 35.5. The number of methoxy groups -OCH3 is 3. The highest BCUT2D eigenvalue weighted by Crippen LogP contribution is 2.39. The van der Waals surface area contributed by atoms with E-state index >= 15 is 0 Å². The van der Waals surface area contributed by atoms with Crippen LogP contribution in [0.2, 0.25) is 5.15 Å². The summed E-state index contributed by atoms with van der Waals surface area (Å²) >= 11 is 5.80. The van der Waals surface area contributed by atoms with Gasteiger partial charge in [-0.25, -0.2) is 4.98 Å². The van der Waals surface area contributed by atoms with Gasteiger partial charge in [-0.3, -0.25) is 4.99 Å². The Balaban J connectivity index is 1.86. The topological polar surface area (TPSA) is 77.0 Å². The van der Waals surface area contributed by atoms with Crippen LogP contribution < -0.4 is 24.8 Å². The smallest absolute Gasteiger partial charge is 0.203 e. The summed E-state index contributed by atoms with van der Waals surface area (Å²) < 4.78 is 16.3. The third kappa shape index (κ3) is 5.92. The second-order valence-corrected chi connectivity index (χ2v) is 6.30. The lowest BCUT2D eigenvalue weighted by atomic mass is 10.1. The van der Waals surface area contributed by atoms with Crippen LogP contribution in [0.3, 0.4) is 0 Å². The van der Waals surface area contributed by atoms with Crippen molar-refractivity contribution in [3.63, 3.8) is 0 Å². The number of halogens is 1. The van der Waals surface area contributed by atoms with Crippen LogP contribution in [-0.2, 0) is 12.8 Å². The second kappa shape index (κ2) is 11.2. The maximum atomic E-state index is 5.80. The molecule has 0 aliphatic heterocycles. The van der Waals surface area contributed by atoms with Gasteiger partial charge in [-0.15, -0.1) is 0 Å². The standard InChI is InChI=1S/C20H27ClN4O3/c1-22-20(23-11-9-14-5-8-17(21)25-13-14)24-12-10-15-6-7-16(26-2)19(28-4)18(15)27-3/h5-8,13H,9-12H2,1-4H3,(H2,22,23,24). The van der Waals surface area contributed by atoms with Crippen molar-refractivity contribution in [2.24, 2.45) is 4.99 Å². The minimum atomic E-state index is 0.500. The molecule has 2 rings (SSSR count). The predicted octanol–water partition coefficient (Wildman–Crippen LogP) is 2.71. The molecule has 1 heterocycles. The number of hydrogen-bond donors (Lipinski definition) is 2. The molecule has 0 saturated carbocycles. The highest BCUT2D eigenvalue weighted by Gasteiger charge is 2.15. The Kier molecular flexibility index (Phi) is 8.68. The molecule has 0 bridgehead atoms. The molecule has 28 heavy (non-hydrogen) atoms. The molecule has 0 radical (unpaired) electrons. The number of ether oxygens (including phenoxy) is 3. The first-order valence-corrected chi connectivity index (χ1v) is 9.33. The zero-order valence-corrected chi connectivity index (χ0v) is 17.5. The molecule has 0 amide bonds. The summed E-state index contributed by atoms with van der Waals surface area (Å²) in [6, 6.07) is 7.62. The van der Waals surface area contributed by atoms with Crippen LogP contribution in [0.1, 0.15) is 11.1 Å². The molecule has 0 atom stereocenters. The van der Waals surface area contributed by atoms with Gasteiger partial charge in [0.15, 0.2) is 17.5 Å². The van der Waals surface area contributed by atoms with Crippen LogP contribution in [-0.4, -0.2) is 52.4 Å². The zero-order valence-electron chi connectivity index (χ0n) is 16.7. The summed E-state index contributed by atoms with van der Waals surface area (Å²) in [5, 5.41) is 7.10. The van der Waals surface area contributed by atoms with E-state index in [0.717, 1.165) is 36.5 Å². The minimum absolute atomic E-state index is 0.500. The molecule has 0 fully saturated rings. The molecule has 7 nitrogen and oxygen atoms in total. The summed E-state index contributed by atoms with van der Waals surface area (Å²) in [5.41, 5.74) is 2.14. The maximum absolute atomic E-state index is 5.80. The number of hydrogen-bond acceptors (Lipinski definition) is 5. The van der Waals surface area contributed by atoms with E-state index in [9.17, 15) is 0 Å².